The summed E-state index contributed by atoms with van der Waals surface area (Å²) in [5.41, 5.74) is 0. The van der Waals surface area contributed by atoms with Crippen LogP contribution in [0.5, 0.6) is 0 Å². The van der Waals surface area contributed by atoms with Crippen LogP contribution >= 0.6 is 0 Å². The van der Waals surface area contributed by atoms with Crippen molar-refractivity contribution in [1.82, 2.24) is 5.32 Å². The Labute approximate surface area is 507 Å². The average molecular weight is 1140 g/mol. The molecule has 0 aliphatic rings. The van der Waals surface area contributed by atoms with Crippen LogP contribution in [0.4, 0.5) is 0 Å². The number of rotatable bonds is 70. The van der Waals surface area contributed by atoms with Crippen molar-refractivity contribution in [1.29, 1.82) is 0 Å². The highest BCUT2D eigenvalue weighted by Gasteiger charge is 2.20. The Morgan fingerprint density at radius 2 is 0.617 bits per heavy atom. The van der Waals surface area contributed by atoms with Crippen molar-refractivity contribution in [3.8, 4) is 0 Å². The van der Waals surface area contributed by atoms with Gasteiger partial charge in [-0.05, 0) is 57.8 Å². The fourth-order valence-corrected chi connectivity index (χ4v) is 11.9. The van der Waals surface area contributed by atoms with Crippen LogP contribution in [0, 0.1) is 0 Å². The molecule has 0 aliphatic carbocycles. The van der Waals surface area contributed by atoms with Gasteiger partial charge < -0.3 is 20.3 Å². The molecule has 2 unspecified atom stereocenters. The number of hydrogen-bond acceptors (Lipinski definition) is 5. The van der Waals surface area contributed by atoms with E-state index in [0.717, 1.165) is 51.4 Å². The fourth-order valence-electron chi connectivity index (χ4n) is 11.9. The summed E-state index contributed by atoms with van der Waals surface area (Å²) >= 11 is 0. The van der Waals surface area contributed by atoms with Gasteiger partial charge in [0.15, 0.2) is 0 Å². The second-order valence-corrected chi connectivity index (χ2v) is 25.6. The number of aliphatic hydroxyl groups excluding tert-OH is 2. The van der Waals surface area contributed by atoms with E-state index < -0.39 is 12.1 Å². The number of carbonyl (C=O) groups is 2. The van der Waals surface area contributed by atoms with Gasteiger partial charge in [0.2, 0.25) is 5.91 Å². The van der Waals surface area contributed by atoms with Crippen LogP contribution in [0.15, 0.2) is 24.3 Å². The van der Waals surface area contributed by atoms with Crippen molar-refractivity contribution in [2.75, 3.05) is 13.2 Å². The summed E-state index contributed by atoms with van der Waals surface area (Å²) in [5, 5.41) is 23.5. The molecule has 1 amide bonds. The summed E-state index contributed by atoms with van der Waals surface area (Å²) in [6.07, 6.45) is 89.5. The third-order valence-corrected chi connectivity index (χ3v) is 17.5. The zero-order chi connectivity index (χ0) is 58.5. The summed E-state index contributed by atoms with van der Waals surface area (Å²) in [6.45, 7) is 4.98. The molecule has 0 spiro atoms. The molecule has 6 heteroatoms. The van der Waals surface area contributed by atoms with Gasteiger partial charge in [0, 0.05) is 12.8 Å². The van der Waals surface area contributed by atoms with Gasteiger partial charge in [-0.15, -0.1) is 0 Å². The molecule has 6 nitrogen and oxygen atoms in total. The van der Waals surface area contributed by atoms with Crippen molar-refractivity contribution in [3.05, 3.63) is 24.3 Å². The van der Waals surface area contributed by atoms with Crippen molar-refractivity contribution >= 4 is 11.9 Å². The van der Waals surface area contributed by atoms with Crippen LogP contribution < -0.4 is 5.32 Å². The first-order valence-electron chi connectivity index (χ1n) is 37.1. The van der Waals surface area contributed by atoms with E-state index in [1.54, 1.807) is 0 Å². The topological polar surface area (TPSA) is 95.9 Å². The molecule has 0 saturated carbocycles. The highest BCUT2D eigenvalue weighted by molar-refractivity contribution is 5.76. The molecule has 0 saturated heterocycles. The predicted molar refractivity (Wildman–Crippen MR) is 356 cm³/mol. The van der Waals surface area contributed by atoms with Crippen molar-refractivity contribution in [2.24, 2.45) is 0 Å². The highest BCUT2D eigenvalue weighted by atomic mass is 16.5. The first-order valence-corrected chi connectivity index (χ1v) is 37.1. The summed E-state index contributed by atoms with van der Waals surface area (Å²) in [5.74, 6) is -0.0212. The number of hydrogen-bond donors (Lipinski definition) is 3. The van der Waals surface area contributed by atoms with Gasteiger partial charge in [-0.2, -0.15) is 0 Å². The number of esters is 1. The Bertz CT molecular complexity index is 1270. The highest BCUT2D eigenvalue weighted by Crippen LogP contribution is 2.19. The minimum absolute atomic E-state index is 0.00827. The first-order chi connectivity index (χ1) is 40.0. The SMILES string of the molecule is CCCCCC/C=C\C/C=C\CCCCCCCCCC(=O)OCCCCCCCCCCCCCCCCCCCCCCCCCC(=O)NC(CO)C(O)CCCCCCCCCCCCCCCCCCCCCCCCC. The molecule has 81 heavy (non-hydrogen) atoms. The molecule has 0 heterocycles. The molecule has 0 fully saturated rings. The van der Waals surface area contributed by atoms with E-state index in [2.05, 4.69) is 43.5 Å². The second-order valence-electron chi connectivity index (χ2n) is 25.6. The number of carbonyl (C=O) groups excluding carboxylic acids is 2. The van der Waals surface area contributed by atoms with Gasteiger partial charge in [-0.3, -0.25) is 9.59 Å². The molecular formula is C75H145NO5. The molecule has 0 rings (SSSR count). The number of amides is 1. The standard InChI is InChI=1S/C75H145NO5/c1-3-5-7-9-11-13-15-17-19-21-23-24-26-29-32-35-39-43-47-51-55-59-63-67-73(78)72(71-77)76-74(79)68-64-60-56-52-48-44-40-36-33-30-27-25-28-31-34-38-42-46-50-54-58-62-66-70-81-75(80)69-65-61-57-53-49-45-41-37-22-20-18-16-14-12-10-8-6-4-2/h14,16,20,22,72-73,77-78H,3-13,15,17-19,21,23-71H2,1-2H3,(H,76,79)/b16-14-,22-20-. The minimum Gasteiger partial charge on any atom is -0.466 e. The van der Waals surface area contributed by atoms with Crippen LogP contribution in [0.2, 0.25) is 0 Å². The molecule has 480 valence electrons. The number of allylic oxidation sites excluding steroid dienone is 4. The predicted octanol–water partition coefficient (Wildman–Crippen LogP) is 24.1. The first kappa shape index (κ1) is 79.3. The summed E-state index contributed by atoms with van der Waals surface area (Å²) in [4.78, 5) is 24.7. The Hall–Kier alpha value is -1.66. The third-order valence-electron chi connectivity index (χ3n) is 17.5. The smallest absolute Gasteiger partial charge is 0.305 e. The number of nitrogens with one attached hydrogen (secondary N) is 1. The number of aliphatic hydroxyl groups is 2. The largest absolute Gasteiger partial charge is 0.466 e. The summed E-state index contributed by atoms with van der Waals surface area (Å²) in [6, 6.07) is -0.542. The van der Waals surface area contributed by atoms with Gasteiger partial charge in [0.05, 0.1) is 25.4 Å². The van der Waals surface area contributed by atoms with Crippen LogP contribution in [0.1, 0.15) is 418 Å². The zero-order valence-electron chi connectivity index (χ0n) is 55.0. The van der Waals surface area contributed by atoms with Crippen LogP contribution in [-0.2, 0) is 14.3 Å². The van der Waals surface area contributed by atoms with Gasteiger partial charge >= 0.3 is 5.97 Å². The lowest BCUT2D eigenvalue weighted by Gasteiger charge is -2.22. The van der Waals surface area contributed by atoms with Crippen molar-refractivity contribution in [3.63, 3.8) is 0 Å². The van der Waals surface area contributed by atoms with Crippen LogP contribution in [0.3, 0.4) is 0 Å². The van der Waals surface area contributed by atoms with E-state index in [0.29, 0.717) is 25.9 Å². The lowest BCUT2D eigenvalue weighted by atomic mass is 10.0. The van der Waals surface area contributed by atoms with E-state index in [-0.39, 0.29) is 18.5 Å². The molecule has 0 aromatic carbocycles. The molecule has 0 aliphatic heterocycles. The van der Waals surface area contributed by atoms with Gasteiger partial charge in [0.1, 0.15) is 0 Å². The zero-order valence-corrected chi connectivity index (χ0v) is 55.0. The van der Waals surface area contributed by atoms with Crippen molar-refractivity contribution in [2.45, 2.75) is 431 Å². The molecule has 0 aromatic rings. The lowest BCUT2D eigenvalue weighted by Crippen LogP contribution is -2.45. The molecule has 2 atom stereocenters. The average Bonchev–Trinajstić information content (AvgIpc) is 3.47. The lowest BCUT2D eigenvalue weighted by molar-refractivity contribution is -0.143. The van der Waals surface area contributed by atoms with Crippen LogP contribution in [0.25, 0.3) is 0 Å². The molecule has 0 aromatic heterocycles. The van der Waals surface area contributed by atoms with E-state index in [1.165, 1.54) is 334 Å². The second kappa shape index (κ2) is 70.8. The van der Waals surface area contributed by atoms with Gasteiger partial charge in [-0.1, -0.05) is 372 Å². The maximum Gasteiger partial charge on any atom is 0.305 e. The maximum atomic E-state index is 12.6. The molecule has 3 N–H and O–H groups in total. The van der Waals surface area contributed by atoms with Crippen LogP contribution in [-0.4, -0.2) is 47.4 Å². The normalized spacial score (nSPS) is 12.6. The van der Waals surface area contributed by atoms with E-state index in [9.17, 15) is 19.8 Å². The minimum atomic E-state index is -0.665. The Kier molecular flexibility index (Phi) is 69.4. The van der Waals surface area contributed by atoms with Crippen molar-refractivity contribution < 1.29 is 24.5 Å². The van der Waals surface area contributed by atoms with E-state index in [4.69, 9.17) is 4.74 Å². The van der Waals surface area contributed by atoms with Gasteiger partial charge in [-0.25, -0.2) is 0 Å². The third kappa shape index (κ3) is 67.3. The Morgan fingerprint density at radius 1 is 0.346 bits per heavy atom. The fraction of sp³-hybridized carbons (Fsp3) is 0.920. The van der Waals surface area contributed by atoms with E-state index in [1.807, 2.05) is 0 Å². The quantitative estimate of drug-likeness (QED) is 0.0320. The molecule has 0 bridgehead atoms. The Morgan fingerprint density at radius 3 is 0.951 bits per heavy atom. The molecular weight excluding hydrogens is 995 g/mol. The monoisotopic (exact) mass is 1140 g/mol. The molecule has 0 radical (unpaired) electrons. The van der Waals surface area contributed by atoms with Gasteiger partial charge in [0.25, 0.3) is 0 Å². The summed E-state index contributed by atoms with van der Waals surface area (Å²) < 4.78 is 5.50. The number of ether oxygens (including phenoxy) is 1. The number of unbranched alkanes of at least 4 members (excludes halogenated alkanes) is 55. The summed E-state index contributed by atoms with van der Waals surface area (Å²) in [7, 11) is 0. The Balaban J connectivity index is 3.37. The maximum absolute atomic E-state index is 12.6. The van der Waals surface area contributed by atoms with E-state index >= 15 is 0 Å².